The molecule has 2 heterocycles. The first-order chi connectivity index (χ1) is 22.3. The molecule has 4 heteroatoms. The van der Waals surface area contributed by atoms with Gasteiger partial charge in [0.15, 0.2) is 17.5 Å². The summed E-state index contributed by atoms with van der Waals surface area (Å²) in [6.07, 6.45) is 0. The standard InChI is InChI=1S/C41H25N3S/c1-2-14-28(15-3-1)39-42-40(34-21-11-23-36-37(34)33-19-8-9-22-35(33)45-36)44-41(43-39)38-30-18-7-5-13-27(30)24-25-32(38)31-20-10-16-26-12-4-6-17-29(26)31/h1-25H. The van der Waals surface area contributed by atoms with E-state index >= 15 is 0 Å². The average molecular weight is 592 g/mol. The van der Waals surface area contributed by atoms with E-state index in [-0.39, 0.29) is 0 Å². The van der Waals surface area contributed by atoms with Crippen molar-refractivity contribution in [1.82, 2.24) is 15.0 Å². The molecule has 0 unspecified atom stereocenters. The molecule has 0 radical (unpaired) electrons. The Balaban J connectivity index is 1.39. The summed E-state index contributed by atoms with van der Waals surface area (Å²) in [6.45, 7) is 0. The highest BCUT2D eigenvalue weighted by atomic mass is 32.1. The Hall–Kier alpha value is -5.71. The van der Waals surface area contributed by atoms with Gasteiger partial charge in [0, 0.05) is 36.9 Å². The SMILES string of the molecule is c1ccc(-c2nc(-c3c(-c4cccc5ccccc45)ccc4ccccc34)nc(-c3cccc4sc5ccccc5c34)n2)cc1. The molecule has 0 amide bonds. The van der Waals surface area contributed by atoms with Crippen molar-refractivity contribution < 1.29 is 0 Å². The van der Waals surface area contributed by atoms with Crippen molar-refractivity contribution in [1.29, 1.82) is 0 Å². The van der Waals surface area contributed by atoms with Crippen LogP contribution in [0.4, 0.5) is 0 Å². The van der Waals surface area contributed by atoms with E-state index in [4.69, 9.17) is 15.0 Å². The van der Waals surface area contributed by atoms with Gasteiger partial charge in [-0.1, -0.05) is 140 Å². The van der Waals surface area contributed by atoms with Gasteiger partial charge in [-0.05, 0) is 44.8 Å². The summed E-state index contributed by atoms with van der Waals surface area (Å²) in [5, 5.41) is 7.05. The Kier molecular flexibility index (Phi) is 6.00. The second-order valence-corrected chi connectivity index (χ2v) is 12.3. The molecule has 0 N–H and O–H groups in total. The lowest BCUT2D eigenvalue weighted by Gasteiger charge is -2.16. The van der Waals surface area contributed by atoms with Crippen molar-refractivity contribution in [3.8, 4) is 45.3 Å². The smallest absolute Gasteiger partial charge is 0.165 e. The molecule has 0 spiro atoms. The normalized spacial score (nSPS) is 11.6. The molecule has 45 heavy (non-hydrogen) atoms. The minimum atomic E-state index is 0.656. The average Bonchev–Trinajstić information content (AvgIpc) is 3.50. The molecule has 210 valence electrons. The zero-order chi connectivity index (χ0) is 29.7. The highest BCUT2D eigenvalue weighted by molar-refractivity contribution is 7.25. The Labute approximate surface area is 264 Å². The van der Waals surface area contributed by atoms with Crippen LogP contribution < -0.4 is 0 Å². The van der Waals surface area contributed by atoms with Gasteiger partial charge in [-0.2, -0.15) is 0 Å². The zero-order valence-corrected chi connectivity index (χ0v) is 25.0. The Morgan fingerprint density at radius 3 is 1.82 bits per heavy atom. The van der Waals surface area contributed by atoms with E-state index in [0.29, 0.717) is 17.5 Å². The van der Waals surface area contributed by atoms with Crippen LogP contribution in [0.15, 0.2) is 152 Å². The third-order valence-corrected chi connectivity index (χ3v) is 9.68. The summed E-state index contributed by atoms with van der Waals surface area (Å²) in [5.41, 5.74) is 5.23. The highest BCUT2D eigenvalue weighted by Gasteiger charge is 2.21. The summed E-state index contributed by atoms with van der Waals surface area (Å²) in [5.74, 6) is 1.99. The van der Waals surface area contributed by atoms with Gasteiger partial charge in [0.1, 0.15) is 0 Å². The number of rotatable bonds is 4. The van der Waals surface area contributed by atoms with Crippen LogP contribution in [0.1, 0.15) is 0 Å². The van der Waals surface area contributed by atoms with E-state index in [2.05, 4.69) is 133 Å². The fourth-order valence-electron chi connectivity index (χ4n) is 6.48. The van der Waals surface area contributed by atoms with Crippen LogP contribution in [0.25, 0.3) is 87.0 Å². The van der Waals surface area contributed by atoms with Crippen LogP contribution in [0.3, 0.4) is 0 Å². The minimum absolute atomic E-state index is 0.656. The van der Waals surface area contributed by atoms with E-state index in [0.717, 1.165) is 38.6 Å². The third-order valence-electron chi connectivity index (χ3n) is 8.54. The maximum atomic E-state index is 5.33. The van der Waals surface area contributed by atoms with Crippen molar-refractivity contribution >= 4 is 53.1 Å². The number of hydrogen-bond acceptors (Lipinski definition) is 4. The van der Waals surface area contributed by atoms with Crippen molar-refractivity contribution in [2.45, 2.75) is 0 Å². The maximum absolute atomic E-state index is 5.33. The van der Waals surface area contributed by atoms with Gasteiger partial charge in [0.25, 0.3) is 0 Å². The van der Waals surface area contributed by atoms with Crippen LogP contribution in [-0.2, 0) is 0 Å². The number of fused-ring (bicyclic) bond motifs is 5. The molecule has 7 aromatic carbocycles. The lowest BCUT2D eigenvalue weighted by atomic mass is 9.90. The van der Waals surface area contributed by atoms with Crippen LogP contribution in [-0.4, -0.2) is 15.0 Å². The van der Waals surface area contributed by atoms with Crippen LogP contribution >= 0.6 is 11.3 Å². The molecular formula is C41H25N3S. The van der Waals surface area contributed by atoms with Crippen molar-refractivity contribution in [3.63, 3.8) is 0 Å². The second-order valence-electron chi connectivity index (χ2n) is 11.2. The first kappa shape index (κ1) is 25.8. The predicted octanol–water partition coefficient (Wildman–Crippen LogP) is 11.2. The van der Waals surface area contributed by atoms with Gasteiger partial charge in [-0.3, -0.25) is 0 Å². The van der Waals surface area contributed by atoms with Gasteiger partial charge >= 0.3 is 0 Å². The van der Waals surface area contributed by atoms with Gasteiger partial charge in [0.2, 0.25) is 0 Å². The Morgan fingerprint density at radius 2 is 0.956 bits per heavy atom. The highest BCUT2D eigenvalue weighted by Crippen LogP contribution is 2.42. The topological polar surface area (TPSA) is 38.7 Å². The summed E-state index contributed by atoms with van der Waals surface area (Å²) >= 11 is 1.80. The number of aromatic nitrogens is 3. The van der Waals surface area contributed by atoms with E-state index in [1.54, 1.807) is 11.3 Å². The quantitative estimate of drug-likeness (QED) is 0.204. The van der Waals surface area contributed by atoms with E-state index < -0.39 is 0 Å². The monoisotopic (exact) mass is 591 g/mol. The predicted molar refractivity (Wildman–Crippen MR) is 189 cm³/mol. The molecule has 0 bridgehead atoms. The molecule has 2 aromatic heterocycles. The lowest BCUT2D eigenvalue weighted by molar-refractivity contribution is 1.08. The fourth-order valence-corrected chi connectivity index (χ4v) is 7.61. The number of thiophene rings is 1. The Bertz CT molecular complexity index is 2540. The lowest BCUT2D eigenvalue weighted by Crippen LogP contribution is -2.02. The number of nitrogens with zero attached hydrogens (tertiary/aromatic N) is 3. The van der Waals surface area contributed by atoms with E-state index in [1.165, 1.54) is 30.9 Å². The summed E-state index contributed by atoms with van der Waals surface area (Å²) in [7, 11) is 0. The molecular weight excluding hydrogens is 567 g/mol. The van der Waals surface area contributed by atoms with Crippen molar-refractivity contribution in [2.24, 2.45) is 0 Å². The fraction of sp³-hybridized carbons (Fsp3) is 0. The summed E-state index contributed by atoms with van der Waals surface area (Å²) in [6, 6.07) is 53.2. The molecule has 0 aliphatic carbocycles. The number of benzene rings is 7. The molecule has 9 rings (SSSR count). The van der Waals surface area contributed by atoms with E-state index in [9.17, 15) is 0 Å². The van der Waals surface area contributed by atoms with Crippen molar-refractivity contribution in [2.75, 3.05) is 0 Å². The molecule has 3 nitrogen and oxygen atoms in total. The molecule has 0 aliphatic rings. The number of hydrogen-bond donors (Lipinski definition) is 0. The minimum Gasteiger partial charge on any atom is -0.208 e. The first-order valence-corrected chi connectivity index (χ1v) is 15.9. The second kappa shape index (κ2) is 10.5. The zero-order valence-electron chi connectivity index (χ0n) is 24.2. The molecule has 0 saturated carbocycles. The molecule has 9 aromatic rings. The molecule has 0 atom stereocenters. The summed E-state index contributed by atoms with van der Waals surface area (Å²) in [4.78, 5) is 15.7. The van der Waals surface area contributed by atoms with Gasteiger partial charge < -0.3 is 0 Å². The molecule has 0 aliphatic heterocycles. The summed E-state index contributed by atoms with van der Waals surface area (Å²) < 4.78 is 2.48. The largest absolute Gasteiger partial charge is 0.208 e. The third kappa shape index (κ3) is 4.30. The first-order valence-electron chi connectivity index (χ1n) is 15.0. The van der Waals surface area contributed by atoms with Crippen LogP contribution in [0, 0.1) is 0 Å². The van der Waals surface area contributed by atoms with Crippen LogP contribution in [0.2, 0.25) is 0 Å². The van der Waals surface area contributed by atoms with Gasteiger partial charge in [-0.25, -0.2) is 15.0 Å². The molecule has 0 fully saturated rings. The van der Waals surface area contributed by atoms with Crippen molar-refractivity contribution in [3.05, 3.63) is 152 Å². The van der Waals surface area contributed by atoms with Gasteiger partial charge in [-0.15, -0.1) is 11.3 Å². The van der Waals surface area contributed by atoms with E-state index in [1.807, 2.05) is 18.2 Å². The maximum Gasteiger partial charge on any atom is 0.165 e. The van der Waals surface area contributed by atoms with Crippen LogP contribution in [0.5, 0.6) is 0 Å². The van der Waals surface area contributed by atoms with Gasteiger partial charge in [0.05, 0.1) is 0 Å². The Morgan fingerprint density at radius 1 is 0.356 bits per heavy atom. The molecule has 0 saturated heterocycles.